The van der Waals surface area contributed by atoms with Crippen LogP contribution in [-0.4, -0.2) is 38.2 Å². The van der Waals surface area contributed by atoms with E-state index in [9.17, 15) is 18.0 Å². The number of carbonyl (C=O) groups excluding carboxylic acids is 2. The van der Waals surface area contributed by atoms with E-state index in [0.717, 1.165) is 4.90 Å². The molecule has 3 N–H and O–H groups in total. The number of benzene rings is 1. The van der Waals surface area contributed by atoms with Crippen molar-refractivity contribution < 1.29 is 18.0 Å². The molecule has 0 saturated carbocycles. The third kappa shape index (κ3) is 3.12. The third-order valence-corrected chi connectivity index (χ3v) is 5.00. The van der Waals surface area contributed by atoms with E-state index >= 15 is 0 Å². The lowest BCUT2D eigenvalue weighted by atomic mass is 10.1. The number of hydrogen-bond acceptors (Lipinski definition) is 5. The van der Waals surface area contributed by atoms with Gasteiger partial charge in [-0.15, -0.1) is 0 Å². The Labute approximate surface area is 123 Å². The highest BCUT2D eigenvalue weighted by atomic mass is 32.2. The molecule has 1 aliphatic rings. The van der Waals surface area contributed by atoms with Gasteiger partial charge in [0.2, 0.25) is 21.8 Å². The minimum absolute atomic E-state index is 0.0554. The average Bonchev–Trinajstić information content (AvgIpc) is 2.48. The standard InChI is InChI=1S/C13H17N3O4S/c1-16-12(17)7-6-10(13(16)18)15-21(19,20)11-5-3-2-4-9(11)8-14/h2-5,10,15H,6-8,14H2,1H3. The van der Waals surface area contributed by atoms with Crippen molar-refractivity contribution in [2.75, 3.05) is 7.05 Å². The molecular weight excluding hydrogens is 294 g/mol. The van der Waals surface area contributed by atoms with Crippen molar-refractivity contribution in [1.29, 1.82) is 0 Å². The van der Waals surface area contributed by atoms with Crippen molar-refractivity contribution in [3.8, 4) is 0 Å². The molecule has 1 aromatic rings. The molecule has 0 aliphatic carbocycles. The number of likely N-dealkylation sites (N-methyl/N-ethyl adjacent to an activating group) is 1. The zero-order valence-electron chi connectivity index (χ0n) is 11.6. The second kappa shape index (κ2) is 5.92. The summed E-state index contributed by atoms with van der Waals surface area (Å²) in [6, 6.07) is 5.41. The molecule has 1 aliphatic heterocycles. The molecule has 0 aromatic heterocycles. The van der Waals surface area contributed by atoms with Crippen LogP contribution in [0.1, 0.15) is 18.4 Å². The Bertz CT molecular complexity index is 672. The largest absolute Gasteiger partial charge is 0.326 e. The molecule has 1 heterocycles. The molecule has 1 saturated heterocycles. The van der Waals surface area contributed by atoms with E-state index in [1.165, 1.54) is 13.1 Å². The predicted octanol–water partition coefficient (Wildman–Crippen LogP) is -0.429. The fourth-order valence-electron chi connectivity index (χ4n) is 2.21. The van der Waals surface area contributed by atoms with E-state index in [1.54, 1.807) is 18.2 Å². The van der Waals surface area contributed by atoms with E-state index in [2.05, 4.69) is 4.72 Å². The lowest BCUT2D eigenvalue weighted by Crippen LogP contribution is -2.52. The van der Waals surface area contributed by atoms with Gasteiger partial charge < -0.3 is 5.73 Å². The van der Waals surface area contributed by atoms with E-state index in [1.807, 2.05) is 0 Å². The number of imide groups is 1. The molecule has 2 rings (SSSR count). The van der Waals surface area contributed by atoms with Gasteiger partial charge in [-0.05, 0) is 18.1 Å². The number of rotatable bonds is 4. The van der Waals surface area contributed by atoms with E-state index < -0.39 is 22.0 Å². The lowest BCUT2D eigenvalue weighted by Gasteiger charge is -2.28. The molecule has 1 aromatic carbocycles. The summed E-state index contributed by atoms with van der Waals surface area (Å²) >= 11 is 0. The highest BCUT2D eigenvalue weighted by Gasteiger charge is 2.35. The lowest BCUT2D eigenvalue weighted by molar-refractivity contribution is -0.147. The predicted molar refractivity (Wildman–Crippen MR) is 75.5 cm³/mol. The Kier molecular flexibility index (Phi) is 4.40. The molecular formula is C13H17N3O4S. The van der Waals surface area contributed by atoms with Crippen molar-refractivity contribution >= 4 is 21.8 Å². The van der Waals surface area contributed by atoms with Gasteiger partial charge in [0.1, 0.15) is 6.04 Å². The first-order valence-electron chi connectivity index (χ1n) is 6.47. The maximum absolute atomic E-state index is 12.4. The van der Waals surface area contributed by atoms with E-state index in [0.29, 0.717) is 5.56 Å². The molecule has 1 unspecified atom stereocenters. The van der Waals surface area contributed by atoms with Crippen LogP contribution in [0, 0.1) is 0 Å². The van der Waals surface area contributed by atoms with Crippen LogP contribution in [-0.2, 0) is 26.2 Å². The number of piperidine rings is 1. The minimum atomic E-state index is -3.87. The van der Waals surface area contributed by atoms with Gasteiger partial charge in [-0.3, -0.25) is 14.5 Å². The summed E-state index contributed by atoms with van der Waals surface area (Å²) in [7, 11) is -2.52. The number of nitrogens with two attached hydrogens (primary N) is 1. The third-order valence-electron chi connectivity index (χ3n) is 3.43. The minimum Gasteiger partial charge on any atom is -0.326 e. The monoisotopic (exact) mass is 311 g/mol. The SMILES string of the molecule is CN1C(=O)CCC(NS(=O)(=O)c2ccccc2CN)C1=O. The average molecular weight is 311 g/mol. The second-order valence-corrected chi connectivity index (χ2v) is 6.50. The van der Waals surface area contributed by atoms with Crippen LogP contribution >= 0.6 is 0 Å². The Morgan fingerprint density at radius 1 is 1.33 bits per heavy atom. The first kappa shape index (κ1) is 15.6. The number of likely N-dealkylation sites (tertiary alicyclic amines) is 1. The quantitative estimate of drug-likeness (QED) is 0.733. The summed E-state index contributed by atoms with van der Waals surface area (Å²) in [5, 5.41) is 0. The number of hydrogen-bond donors (Lipinski definition) is 2. The zero-order valence-corrected chi connectivity index (χ0v) is 12.4. The molecule has 0 radical (unpaired) electrons. The summed E-state index contributed by atoms with van der Waals surface area (Å²) in [6.45, 7) is 0.0775. The molecule has 7 nitrogen and oxygen atoms in total. The van der Waals surface area contributed by atoms with E-state index in [-0.39, 0.29) is 30.2 Å². The molecule has 21 heavy (non-hydrogen) atoms. The van der Waals surface area contributed by atoms with Gasteiger partial charge in [-0.25, -0.2) is 8.42 Å². The van der Waals surface area contributed by atoms with Gasteiger partial charge in [-0.1, -0.05) is 18.2 Å². The Morgan fingerprint density at radius 3 is 2.67 bits per heavy atom. The molecule has 1 fully saturated rings. The van der Waals surface area contributed by atoms with Crippen molar-refractivity contribution in [3.63, 3.8) is 0 Å². The normalized spacial score (nSPS) is 19.9. The van der Waals surface area contributed by atoms with E-state index in [4.69, 9.17) is 5.73 Å². The summed E-state index contributed by atoms with van der Waals surface area (Å²) < 4.78 is 27.1. The number of amides is 2. The van der Waals surface area contributed by atoms with Crippen LogP contribution in [0.5, 0.6) is 0 Å². The second-order valence-electron chi connectivity index (χ2n) is 4.82. The molecule has 2 amide bonds. The fourth-order valence-corrected chi connectivity index (χ4v) is 3.68. The number of nitrogens with zero attached hydrogens (tertiary/aromatic N) is 1. The highest BCUT2D eigenvalue weighted by Crippen LogP contribution is 2.18. The van der Waals surface area contributed by atoms with Gasteiger partial charge >= 0.3 is 0 Å². The maximum Gasteiger partial charge on any atom is 0.247 e. The highest BCUT2D eigenvalue weighted by molar-refractivity contribution is 7.89. The topological polar surface area (TPSA) is 110 Å². The first-order chi connectivity index (χ1) is 9.86. The first-order valence-corrected chi connectivity index (χ1v) is 7.96. The van der Waals surface area contributed by atoms with Gasteiger partial charge in [0.25, 0.3) is 0 Å². The van der Waals surface area contributed by atoms with Gasteiger partial charge in [0.15, 0.2) is 0 Å². The van der Waals surface area contributed by atoms with Crippen molar-refractivity contribution in [3.05, 3.63) is 29.8 Å². The summed E-state index contributed by atoms with van der Waals surface area (Å²) in [6.07, 6.45) is 0.292. The Hall–Kier alpha value is -1.77. The molecule has 114 valence electrons. The van der Waals surface area contributed by atoms with Crippen LogP contribution in [0.3, 0.4) is 0 Å². The van der Waals surface area contributed by atoms with Crippen molar-refractivity contribution in [2.24, 2.45) is 5.73 Å². The molecule has 1 atom stereocenters. The smallest absolute Gasteiger partial charge is 0.247 e. The van der Waals surface area contributed by atoms with Crippen LogP contribution in [0.4, 0.5) is 0 Å². The number of carbonyl (C=O) groups is 2. The van der Waals surface area contributed by atoms with Gasteiger partial charge in [-0.2, -0.15) is 4.72 Å². The Balaban J connectivity index is 2.26. The zero-order chi connectivity index (χ0) is 15.6. The summed E-state index contributed by atoms with van der Waals surface area (Å²) in [5.74, 6) is -0.849. The Morgan fingerprint density at radius 2 is 2.00 bits per heavy atom. The summed E-state index contributed by atoms with van der Waals surface area (Å²) in [4.78, 5) is 24.4. The molecule has 0 spiro atoms. The van der Waals surface area contributed by atoms with Crippen LogP contribution in [0.2, 0.25) is 0 Å². The number of sulfonamides is 1. The van der Waals surface area contributed by atoms with Crippen molar-refractivity contribution in [2.45, 2.75) is 30.3 Å². The number of nitrogens with one attached hydrogen (secondary N) is 1. The van der Waals surface area contributed by atoms with Crippen LogP contribution < -0.4 is 10.5 Å². The van der Waals surface area contributed by atoms with Crippen LogP contribution in [0.25, 0.3) is 0 Å². The molecule has 0 bridgehead atoms. The molecule has 8 heteroatoms. The van der Waals surface area contributed by atoms with Gasteiger partial charge in [0.05, 0.1) is 4.90 Å². The maximum atomic E-state index is 12.4. The fraction of sp³-hybridized carbons (Fsp3) is 0.385. The van der Waals surface area contributed by atoms with Crippen molar-refractivity contribution in [1.82, 2.24) is 9.62 Å². The van der Waals surface area contributed by atoms with Crippen LogP contribution in [0.15, 0.2) is 29.2 Å². The van der Waals surface area contributed by atoms with Gasteiger partial charge in [0, 0.05) is 20.0 Å². The summed E-state index contributed by atoms with van der Waals surface area (Å²) in [5.41, 5.74) is 6.01.